The van der Waals surface area contributed by atoms with E-state index in [2.05, 4.69) is 5.32 Å². The number of nitrogens with one attached hydrogen (secondary N) is 1. The molecule has 29 heavy (non-hydrogen) atoms. The molecule has 7 nitrogen and oxygen atoms in total. The van der Waals surface area contributed by atoms with Gasteiger partial charge in [0.2, 0.25) is 0 Å². The molecule has 0 aromatic carbocycles. The van der Waals surface area contributed by atoms with Gasteiger partial charge in [-0.05, 0) is 80.6 Å². The van der Waals surface area contributed by atoms with Gasteiger partial charge in [0.25, 0.3) is 0 Å². The maximum atomic E-state index is 13.3. The van der Waals surface area contributed by atoms with Crippen molar-refractivity contribution in [1.29, 1.82) is 0 Å². The van der Waals surface area contributed by atoms with Crippen molar-refractivity contribution in [2.24, 2.45) is 23.7 Å². The Balaban J connectivity index is 2.34. The minimum absolute atomic E-state index is 0.0349. The third-order valence-electron chi connectivity index (χ3n) is 5.11. The molecule has 0 spiro atoms. The third kappa shape index (κ3) is 5.43. The van der Waals surface area contributed by atoms with Crippen LogP contribution in [0.15, 0.2) is 0 Å². The summed E-state index contributed by atoms with van der Waals surface area (Å²) in [6, 6.07) is 0. The van der Waals surface area contributed by atoms with Crippen LogP contribution in [0.4, 0.5) is 4.79 Å². The second kappa shape index (κ2) is 7.17. The molecule has 0 heterocycles. The Morgan fingerprint density at radius 2 is 1.31 bits per heavy atom. The monoisotopic (exact) mass is 411 g/mol. The van der Waals surface area contributed by atoms with Gasteiger partial charge in [0.1, 0.15) is 22.3 Å². The number of carbonyl (C=O) groups is 3. The standard InChI is InChI=1S/C22H37NO6/c1-12-11-22(17(25)28-20(5,6)7,23-18(26)29-21(8,9)10)15-13(12)14(15)16(24)27-19(2,3)4/h12-15H,11H2,1-10H3,(H,23,26)/t12-,13-,14-,15-,22-/m0/s1. The Hall–Kier alpha value is -1.79. The highest BCUT2D eigenvalue weighted by Crippen LogP contribution is 2.65. The first kappa shape index (κ1) is 23.5. The molecule has 0 aliphatic heterocycles. The molecule has 2 aliphatic rings. The van der Waals surface area contributed by atoms with Crippen LogP contribution >= 0.6 is 0 Å². The summed E-state index contributed by atoms with van der Waals surface area (Å²) in [5, 5.41) is 2.80. The van der Waals surface area contributed by atoms with E-state index in [1.54, 1.807) is 41.5 Å². The van der Waals surface area contributed by atoms with Gasteiger partial charge < -0.3 is 19.5 Å². The first-order chi connectivity index (χ1) is 12.9. The first-order valence-corrected chi connectivity index (χ1v) is 10.3. The van der Waals surface area contributed by atoms with Gasteiger partial charge in [-0.1, -0.05) is 6.92 Å². The van der Waals surface area contributed by atoms with Crippen LogP contribution in [-0.2, 0) is 23.8 Å². The van der Waals surface area contributed by atoms with Gasteiger partial charge in [0.05, 0.1) is 5.92 Å². The van der Waals surface area contributed by atoms with Gasteiger partial charge in [0.15, 0.2) is 0 Å². The average molecular weight is 412 g/mol. The van der Waals surface area contributed by atoms with Crippen LogP contribution in [0, 0.1) is 23.7 Å². The summed E-state index contributed by atoms with van der Waals surface area (Å²) in [5.41, 5.74) is -3.36. The number of fused-ring (bicyclic) bond motifs is 1. The van der Waals surface area contributed by atoms with Crippen molar-refractivity contribution in [3.8, 4) is 0 Å². The summed E-state index contributed by atoms with van der Waals surface area (Å²) in [6.45, 7) is 18.0. The molecule has 2 rings (SSSR count). The third-order valence-corrected chi connectivity index (χ3v) is 5.11. The molecular formula is C22H37NO6. The van der Waals surface area contributed by atoms with E-state index in [-0.39, 0.29) is 23.7 Å². The molecule has 1 N–H and O–H groups in total. The second-order valence-electron chi connectivity index (χ2n) is 11.4. The quantitative estimate of drug-likeness (QED) is 0.560. The van der Waals surface area contributed by atoms with E-state index in [1.807, 2.05) is 27.7 Å². The number of amides is 1. The fourth-order valence-corrected chi connectivity index (χ4v) is 4.39. The van der Waals surface area contributed by atoms with E-state index in [0.29, 0.717) is 6.42 Å². The zero-order chi connectivity index (χ0) is 22.6. The molecule has 2 saturated carbocycles. The van der Waals surface area contributed by atoms with Crippen molar-refractivity contribution in [2.45, 2.75) is 98.0 Å². The largest absolute Gasteiger partial charge is 0.460 e. The minimum Gasteiger partial charge on any atom is -0.460 e. The van der Waals surface area contributed by atoms with Crippen molar-refractivity contribution in [1.82, 2.24) is 5.32 Å². The molecule has 166 valence electrons. The topological polar surface area (TPSA) is 90.9 Å². The summed E-state index contributed by atoms with van der Waals surface area (Å²) in [5.74, 6) is -1.65. The summed E-state index contributed by atoms with van der Waals surface area (Å²) >= 11 is 0. The number of rotatable bonds is 3. The normalized spacial score (nSPS) is 31.5. The Labute approximate surface area is 174 Å². The van der Waals surface area contributed by atoms with Gasteiger partial charge in [0, 0.05) is 5.92 Å². The summed E-state index contributed by atoms with van der Waals surface area (Å²) in [4.78, 5) is 38.7. The Bertz CT molecular complexity index is 681. The maximum absolute atomic E-state index is 13.3. The summed E-state index contributed by atoms with van der Waals surface area (Å²) in [6.07, 6.45) is -0.290. The molecule has 0 bridgehead atoms. The lowest BCUT2D eigenvalue weighted by Gasteiger charge is -2.35. The van der Waals surface area contributed by atoms with E-state index < -0.39 is 40.3 Å². The predicted molar refractivity (Wildman–Crippen MR) is 108 cm³/mol. The van der Waals surface area contributed by atoms with Crippen LogP contribution in [-0.4, -0.2) is 40.4 Å². The van der Waals surface area contributed by atoms with Crippen LogP contribution in [0.25, 0.3) is 0 Å². The van der Waals surface area contributed by atoms with E-state index in [9.17, 15) is 14.4 Å². The molecule has 0 unspecified atom stereocenters. The van der Waals surface area contributed by atoms with Crippen LogP contribution in [0.2, 0.25) is 0 Å². The second-order valence-corrected chi connectivity index (χ2v) is 11.4. The fourth-order valence-electron chi connectivity index (χ4n) is 4.39. The lowest BCUT2D eigenvalue weighted by molar-refractivity contribution is -0.166. The van der Waals surface area contributed by atoms with E-state index >= 15 is 0 Å². The smallest absolute Gasteiger partial charge is 0.408 e. The molecular weight excluding hydrogens is 374 g/mol. The molecule has 5 atom stereocenters. The molecule has 2 fully saturated rings. The van der Waals surface area contributed by atoms with Crippen molar-refractivity contribution in [3.05, 3.63) is 0 Å². The molecule has 2 aliphatic carbocycles. The van der Waals surface area contributed by atoms with Crippen molar-refractivity contribution in [3.63, 3.8) is 0 Å². The molecule has 0 saturated heterocycles. The van der Waals surface area contributed by atoms with Gasteiger partial charge >= 0.3 is 18.0 Å². The van der Waals surface area contributed by atoms with Crippen molar-refractivity contribution < 1.29 is 28.6 Å². The van der Waals surface area contributed by atoms with Gasteiger partial charge in [-0.3, -0.25) is 4.79 Å². The van der Waals surface area contributed by atoms with E-state index in [1.165, 1.54) is 0 Å². The summed E-state index contributed by atoms with van der Waals surface area (Å²) < 4.78 is 16.6. The molecule has 1 amide bonds. The number of carbonyl (C=O) groups excluding carboxylic acids is 3. The lowest BCUT2D eigenvalue weighted by atomic mass is 9.87. The molecule has 0 aromatic heterocycles. The van der Waals surface area contributed by atoms with E-state index in [4.69, 9.17) is 14.2 Å². The van der Waals surface area contributed by atoms with Gasteiger partial charge in [-0.2, -0.15) is 0 Å². The SMILES string of the molecule is C[C@H]1C[C@@](NC(=O)OC(C)(C)C)(C(=O)OC(C)(C)C)[C@@H]2[C@@H](C(=O)OC(C)(C)C)[C@@H]21. The van der Waals surface area contributed by atoms with Crippen molar-refractivity contribution >= 4 is 18.0 Å². The average Bonchev–Trinajstić information content (AvgIpc) is 3.10. The lowest BCUT2D eigenvalue weighted by Crippen LogP contribution is -2.59. The van der Waals surface area contributed by atoms with Gasteiger partial charge in [-0.15, -0.1) is 0 Å². The Morgan fingerprint density at radius 1 is 0.828 bits per heavy atom. The highest BCUT2D eigenvalue weighted by molar-refractivity contribution is 5.91. The first-order valence-electron chi connectivity index (χ1n) is 10.3. The van der Waals surface area contributed by atoms with Crippen LogP contribution < -0.4 is 5.32 Å². The van der Waals surface area contributed by atoms with E-state index in [0.717, 1.165) is 0 Å². The van der Waals surface area contributed by atoms with Crippen LogP contribution in [0.5, 0.6) is 0 Å². The van der Waals surface area contributed by atoms with Gasteiger partial charge in [-0.25, -0.2) is 9.59 Å². The zero-order valence-corrected chi connectivity index (χ0v) is 19.5. The number of hydrogen-bond acceptors (Lipinski definition) is 6. The zero-order valence-electron chi connectivity index (χ0n) is 19.5. The maximum Gasteiger partial charge on any atom is 0.408 e. The number of hydrogen-bond donors (Lipinski definition) is 1. The number of ether oxygens (including phenoxy) is 3. The van der Waals surface area contributed by atoms with Crippen molar-refractivity contribution in [2.75, 3.05) is 0 Å². The molecule has 0 aromatic rings. The highest BCUT2D eigenvalue weighted by Gasteiger charge is 2.75. The highest BCUT2D eigenvalue weighted by atomic mass is 16.6. The van der Waals surface area contributed by atoms with Crippen LogP contribution in [0.3, 0.4) is 0 Å². The molecule has 0 radical (unpaired) electrons. The molecule has 7 heteroatoms. The summed E-state index contributed by atoms with van der Waals surface area (Å²) in [7, 11) is 0. The predicted octanol–water partition coefficient (Wildman–Crippen LogP) is 3.84. The minimum atomic E-state index is -1.30. The number of alkyl carbamates (subject to hydrolysis) is 1. The Kier molecular flexibility index (Phi) is 5.80. The van der Waals surface area contributed by atoms with Crippen LogP contribution in [0.1, 0.15) is 75.7 Å². The number of esters is 2. The Morgan fingerprint density at radius 3 is 1.76 bits per heavy atom. The fraction of sp³-hybridized carbons (Fsp3) is 0.864.